The third kappa shape index (κ3) is 3.92. The molecule has 0 aliphatic carbocycles. The molecule has 74 valence electrons. The van der Waals surface area contributed by atoms with E-state index in [2.05, 4.69) is 37.6 Å². The zero-order valence-electron chi connectivity index (χ0n) is 8.71. The van der Waals surface area contributed by atoms with Gasteiger partial charge in [0, 0.05) is 6.04 Å². The summed E-state index contributed by atoms with van der Waals surface area (Å²) in [6, 6.07) is 2.50. The van der Waals surface area contributed by atoms with Gasteiger partial charge in [-0.1, -0.05) is 13.8 Å². The average molecular weight is 197 g/mol. The summed E-state index contributed by atoms with van der Waals surface area (Å²) in [5.41, 5.74) is 7.58. The van der Waals surface area contributed by atoms with Crippen LogP contribution in [0.4, 0.5) is 0 Å². The van der Waals surface area contributed by atoms with Gasteiger partial charge >= 0.3 is 0 Å². The molecule has 1 unspecified atom stereocenters. The minimum absolute atomic E-state index is 0.300. The molecule has 0 saturated carbocycles. The van der Waals surface area contributed by atoms with E-state index in [1.54, 1.807) is 11.3 Å². The highest BCUT2D eigenvalue weighted by molar-refractivity contribution is 7.07. The molecule has 1 atom stereocenters. The van der Waals surface area contributed by atoms with Crippen LogP contribution in [0.15, 0.2) is 16.8 Å². The molecule has 0 aliphatic heterocycles. The molecule has 0 aliphatic rings. The molecule has 0 amide bonds. The molecule has 0 saturated heterocycles. The number of hydrogen-bond donors (Lipinski definition) is 1. The smallest absolute Gasteiger partial charge is 0.00156 e. The molecule has 1 rings (SSSR count). The Bertz CT molecular complexity index is 237. The Labute approximate surface area is 85.0 Å². The summed E-state index contributed by atoms with van der Waals surface area (Å²) >= 11 is 1.77. The predicted octanol–water partition coefficient (Wildman–Crippen LogP) is 3.05. The van der Waals surface area contributed by atoms with Crippen molar-refractivity contribution < 1.29 is 0 Å². The molecule has 2 N–H and O–H groups in total. The van der Waals surface area contributed by atoms with E-state index in [4.69, 9.17) is 5.73 Å². The fourth-order valence-electron chi connectivity index (χ4n) is 1.89. The summed E-state index contributed by atoms with van der Waals surface area (Å²) in [5.74, 6) is 0. The van der Waals surface area contributed by atoms with Crippen molar-refractivity contribution >= 4 is 11.3 Å². The van der Waals surface area contributed by atoms with E-state index in [1.807, 2.05) is 0 Å². The Morgan fingerprint density at radius 3 is 2.69 bits per heavy atom. The highest BCUT2D eigenvalue weighted by atomic mass is 32.1. The normalized spacial score (nSPS) is 14.5. The van der Waals surface area contributed by atoms with Gasteiger partial charge in [-0.15, -0.1) is 0 Å². The zero-order chi connectivity index (χ0) is 9.90. The summed E-state index contributed by atoms with van der Waals surface area (Å²) in [4.78, 5) is 0. The topological polar surface area (TPSA) is 26.0 Å². The van der Waals surface area contributed by atoms with Crippen molar-refractivity contribution in [3.05, 3.63) is 22.4 Å². The summed E-state index contributed by atoms with van der Waals surface area (Å²) in [6.07, 6.45) is 2.22. The van der Waals surface area contributed by atoms with E-state index in [0.29, 0.717) is 11.5 Å². The van der Waals surface area contributed by atoms with E-state index in [9.17, 15) is 0 Å². The molecule has 1 aromatic rings. The third-order valence-electron chi connectivity index (χ3n) is 2.14. The Balaban J connectivity index is 2.51. The zero-order valence-corrected chi connectivity index (χ0v) is 9.53. The molecule has 0 spiro atoms. The summed E-state index contributed by atoms with van der Waals surface area (Å²) in [6.45, 7) is 6.65. The van der Waals surface area contributed by atoms with Crippen LogP contribution in [0.1, 0.15) is 32.8 Å². The molecule has 0 radical (unpaired) electrons. The Kier molecular flexibility index (Phi) is 3.51. The van der Waals surface area contributed by atoms with Crippen LogP contribution >= 0.6 is 11.3 Å². The van der Waals surface area contributed by atoms with E-state index in [0.717, 1.165) is 12.8 Å². The molecule has 0 bridgehead atoms. The lowest BCUT2D eigenvalue weighted by molar-refractivity contribution is 0.310. The minimum Gasteiger partial charge on any atom is -0.328 e. The van der Waals surface area contributed by atoms with Gasteiger partial charge in [-0.2, -0.15) is 11.3 Å². The summed E-state index contributed by atoms with van der Waals surface area (Å²) in [5, 5.41) is 4.36. The second-order valence-corrected chi connectivity index (χ2v) is 5.43. The number of hydrogen-bond acceptors (Lipinski definition) is 2. The maximum absolute atomic E-state index is 5.81. The van der Waals surface area contributed by atoms with Crippen molar-refractivity contribution in [1.82, 2.24) is 0 Å². The lowest BCUT2D eigenvalue weighted by atomic mass is 9.81. The first-order valence-corrected chi connectivity index (χ1v) is 5.70. The molecule has 1 heterocycles. The van der Waals surface area contributed by atoms with Crippen LogP contribution in [0.25, 0.3) is 0 Å². The van der Waals surface area contributed by atoms with E-state index in [1.165, 1.54) is 5.56 Å². The van der Waals surface area contributed by atoms with E-state index < -0.39 is 0 Å². The molecule has 1 nitrogen and oxygen atoms in total. The fraction of sp³-hybridized carbons (Fsp3) is 0.636. The van der Waals surface area contributed by atoms with Crippen LogP contribution < -0.4 is 5.73 Å². The summed E-state index contributed by atoms with van der Waals surface area (Å²) < 4.78 is 0. The van der Waals surface area contributed by atoms with E-state index in [-0.39, 0.29) is 0 Å². The van der Waals surface area contributed by atoms with Gasteiger partial charge in [0.05, 0.1) is 0 Å². The Morgan fingerprint density at radius 1 is 1.54 bits per heavy atom. The fourth-order valence-corrected chi connectivity index (χ4v) is 2.56. The molecule has 2 heteroatoms. The van der Waals surface area contributed by atoms with Crippen molar-refractivity contribution in [1.29, 1.82) is 0 Å². The van der Waals surface area contributed by atoms with Gasteiger partial charge < -0.3 is 5.73 Å². The van der Waals surface area contributed by atoms with Gasteiger partial charge in [-0.05, 0) is 47.6 Å². The maximum atomic E-state index is 5.81. The summed E-state index contributed by atoms with van der Waals surface area (Å²) in [7, 11) is 0. The van der Waals surface area contributed by atoms with Gasteiger partial charge in [-0.25, -0.2) is 0 Å². The molecule has 0 fully saturated rings. The second kappa shape index (κ2) is 4.25. The Morgan fingerprint density at radius 2 is 2.23 bits per heavy atom. The highest BCUT2D eigenvalue weighted by Gasteiger charge is 2.20. The van der Waals surface area contributed by atoms with Gasteiger partial charge in [0.25, 0.3) is 0 Å². The molecular formula is C11H19NS. The van der Waals surface area contributed by atoms with Crippen LogP contribution in [0.3, 0.4) is 0 Å². The second-order valence-electron chi connectivity index (χ2n) is 4.65. The SMILES string of the molecule is CC(N)CC(C)(C)Cc1ccsc1. The first kappa shape index (κ1) is 10.7. The van der Waals surface area contributed by atoms with Crippen molar-refractivity contribution in [3.8, 4) is 0 Å². The first-order chi connectivity index (χ1) is 5.99. The van der Waals surface area contributed by atoms with Gasteiger partial charge in [-0.3, -0.25) is 0 Å². The van der Waals surface area contributed by atoms with Crippen LogP contribution in [0.5, 0.6) is 0 Å². The lowest BCUT2D eigenvalue weighted by Gasteiger charge is -2.26. The molecule has 1 aromatic heterocycles. The van der Waals surface area contributed by atoms with Crippen molar-refractivity contribution in [3.63, 3.8) is 0 Å². The maximum Gasteiger partial charge on any atom is 0.00156 e. The number of rotatable bonds is 4. The first-order valence-electron chi connectivity index (χ1n) is 4.76. The number of thiophene rings is 1. The van der Waals surface area contributed by atoms with Crippen LogP contribution in [0, 0.1) is 5.41 Å². The van der Waals surface area contributed by atoms with Crippen molar-refractivity contribution in [2.75, 3.05) is 0 Å². The molecular weight excluding hydrogens is 178 g/mol. The molecule has 0 aromatic carbocycles. The van der Waals surface area contributed by atoms with Crippen molar-refractivity contribution in [2.24, 2.45) is 11.1 Å². The van der Waals surface area contributed by atoms with Crippen LogP contribution in [-0.4, -0.2) is 6.04 Å². The lowest BCUT2D eigenvalue weighted by Crippen LogP contribution is -2.26. The Hall–Kier alpha value is -0.340. The minimum atomic E-state index is 0.300. The quantitative estimate of drug-likeness (QED) is 0.789. The van der Waals surface area contributed by atoms with Gasteiger partial charge in [0.1, 0.15) is 0 Å². The highest BCUT2D eigenvalue weighted by Crippen LogP contribution is 2.27. The van der Waals surface area contributed by atoms with Gasteiger partial charge in [0.2, 0.25) is 0 Å². The van der Waals surface area contributed by atoms with Crippen molar-refractivity contribution in [2.45, 2.75) is 39.7 Å². The van der Waals surface area contributed by atoms with Crippen LogP contribution in [0.2, 0.25) is 0 Å². The largest absolute Gasteiger partial charge is 0.328 e. The third-order valence-corrected chi connectivity index (χ3v) is 2.87. The molecule has 13 heavy (non-hydrogen) atoms. The average Bonchev–Trinajstić information content (AvgIpc) is 2.34. The standard InChI is InChI=1S/C11H19NS/c1-9(12)6-11(2,3)7-10-4-5-13-8-10/h4-5,8-9H,6-7,12H2,1-3H3. The number of nitrogens with two attached hydrogens (primary N) is 1. The predicted molar refractivity (Wildman–Crippen MR) is 60.1 cm³/mol. The van der Waals surface area contributed by atoms with Gasteiger partial charge in [0.15, 0.2) is 0 Å². The monoisotopic (exact) mass is 197 g/mol. The van der Waals surface area contributed by atoms with Crippen LogP contribution in [-0.2, 0) is 6.42 Å². The van der Waals surface area contributed by atoms with E-state index >= 15 is 0 Å².